The zero-order valence-electron chi connectivity index (χ0n) is 8.64. The van der Waals surface area contributed by atoms with E-state index in [9.17, 15) is 4.79 Å². The second kappa shape index (κ2) is 6.56. The highest BCUT2D eigenvalue weighted by molar-refractivity contribution is 5.92. The summed E-state index contributed by atoms with van der Waals surface area (Å²) in [6.45, 7) is -0.143. The highest BCUT2D eigenvalue weighted by Crippen LogP contribution is 2.12. The Morgan fingerprint density at radius 2 is 2.25 bits per heavy atom. The summed E-state index contributed by atoms with van der Waals surface area (Å²) in [4.78, 5) is 11.3. The Labute approximate surface area is 93.3 Å². The number of hydrogen-bond donors (Lipinski definition) is 2. The molecule has 1 aromatic rings. The van der Waals surface area contributed by atoms with Crippen LogP contribution in [0.2, 0.25) is 0 Å². The van der Waals surface area contributed by atoms with E-state index in [0.29, 0.717) is 11.3 Å². The van der Waals surface area contributed by atoms with Crippen molar-refractivity contribution < 1.29 is 14.6 Å². The summed E-state index contributed by atoms with van der Waals surface area (Å²) < 4.78 is 4.85. The molecule has 0 aliphatic rings. The number of nitrogens with zero attached hydrogens (tertiary/aromatic N) is 1. The lowest BCUT2D eigenvalue weighted by atomic mass is 10.2. The molecule has 1 rings (SSSR count). The van der Waals surface area contributed by atoms with E-state index in [1.807, 2.05) is 6.07 Å². The van der Waals surface area contributed by atoms with Crippen LogP contribution in [0.5, 0.6) is 0 Å². The van der Waals surface area contributed by atoms with Gasteiger partial charge in [-0.15, -0.1) is 0 Å². The summed E-state index contributed by atoms with van der Waals surface area (Å²) in [6, 6.07) is 8.68. The first-order valence-corrected chi connectivity index (χ1v) is 4.75. The monoisotopic (exact) mass is 220 g/mol. The van der Waals surface area contributed by atoms with Gasteiger partial charge in [-0.3, -0.25) is 4.79 Å². The number of rotatable bonds is 5. The van der Waals surface area contributed by atoms with Gasteiger partial charge in [-0.05, 0) is 12.1 Å². The number of ether oxygens (including phenoxy) is 1. The fourth-order valence-electron chi connectivity index (χ4n) is 1.11. The summed E-state index contributed by atoms with van der Waals surface area (Å²) in [7, 11) is 0. The summed E-state index contributed by atoms with van der Waals surface area (Å²) in [5.74, 6) is -0.351. The summed E-state index contributed by atoms with van der Waals surface area (Å²) >= 11 is 0. The van der Waals surface area contributed by atoms with Crippen molar-refractivity contribution in [3.05, 3.63) is 29.8 Å². The Morgan fingerprint density at radius 1 is 1.50 bits per heavy atom. The molecule has 16 heavy (non-hydrogen) atoms. The predicted molar refractivity (Wildman–Crippen MR) is 57.7 cm³/mol. The molecule has 0 spiro atoms. The molecule has 0 aliphatic heterocycles. The number of nitrogens with one attached hydrogen (secondary N) is 1. The number of benzene rings is 1. The van der Waals surface area contributed by atoms with Crippen LogP contribution in [-0.2, 0) is 9.53 Å². The summed E-state index contributed by atoms with van der Waals surface area (Å²) in [6.07, 6.45) is 0. The molecule has 0 aromatic heterocycles. The van der Waals surface area contributed by atoms with Crippen LogP contribution < -0.4 is 5.32 Å². The Hall–Kier alpha value is -1.90. The highest BCUT2D eigenvalue weighted by Gasteiger charge is 2.05. The fraction of sp³-hybridized carbons (Fsp3) is 0.273. The number of carbonyl (C=O) groups excluding carboxylic acids is 1. The second-order valence-electron chi connectivity index (χ2n) is 2.98. The zero-order valence-corrected chi connectivity index (χ0v) is 8.64. The molecule has 0 heterocycles. The SMILES string of the molecule is N#Cc1ccccc1NC(=O)COCCO. The molecule has 0 saturated carbocycles. The van der Waals surface area contributed by atoms with Crippen LogP contribution in [0.4, 0.5) is 5.69 Å². The molecule has 0 radical (unpaired) electrons. The smallest absolute Gasteiger partial charge is 0.250 e. The van der Waals surface area contributed by atoms with E-state index in [0.717, 1.165) is 0 Å². The first-order chi connectivity index (χ1) is 7.77. The van der Waals surface area contributed by atoms with Gasteiger partial charge < -0.3 is 15.2 Å². The molecule has 0 bridgehead atoms. The molecule has 0 saturated heterocycles. The van der Waals surface area contributed by atoms with Crippen LogP contribution in [0.1, 0.15) is 5.56 Å². The van der Waals surface area contributed by atoms with Gasteiger partial charge in [0.1, 0.15) is 12.7 Å². The van der Waals surface area contributed by atoms with Crippen LogP contribution in [0, 0.1) is 11.3 Å². The Morgan fingerprint density at radius 3 is 2.94 bits per heavy atom. The average Bonchev–Trinajstić information content (AvgIpc) is 2.30. The Bertz CT molecular complexity index is 398. The van der Waals surface area contributed by atoms with Crippen molar-refractivity contribution in [1.82, 2.24) is 0 Å². The number of anilines is 1. The largest absolute Gasteiger partial charge is 0.394 e. The zero-order chi connectivity index (χ0) is 11.8. The third-order valence-corrected chi connectivity index (χ3v) is 1.79. The van der Waals surface area contributed by atoms with Crippen molar-refractivity contribution >= 4 is 11.6 Å². The number of aliphatic hydroxyl groups excluding tert-OH is 1. The van der Waals surface area contributed by atoms with E-state index in [1.54, 1.807) is 24.3 Å². The van der Waals surface area contributed by atoms with Crippen molar-refractivity contribution in [2.45, 2.75) is 0 Å². The summed E-state index contributed by atoms with van der Waals surface area (Å²) in [5.41, 5.74) is 0.862. The van der Waals surface area contributed by atoms with Gasteiger partial charge in [-0.25, -0.2) is 0 Å². The number of carbonyl (C=O) groups is 1. The van der Waals surface area contributed by atoms with Crippen molar-refractivity contribution in [3.63, 3.8) is 0 Å². The quantitative estimate of drug-likeness (QED) is 0.708. The molecule has 84 valence electrons. The third kappa shape index (κ3) is 3.69. The van der Waals surface area contributed by atoms with Gasteiger partial charge in [0.25, 0.3) is 0 Å². The van der Waals surface area contributed by atoms with Crippen molar-refractivity contribution in [2.24, 2.45) is 0 Å². The lowest BCUT2D eigenvalue weighted by Crippen LogP contribution is -2.19. The average molecular weight is 220 g/mol. The second-order valence-corrected chi connectivity index (χ2v) is 2.98. The number of para-hydroxylation sites is 1. The van der Waals surface area contributed by atoms with Crippen LogP contribution in [-0.4, -0.2) is 30.8 Å². The fourth-order valence-corrected chi connectivity index (χ4v) is 1.11. The lowest BCUT2D eigenvalue weighted by molar-refractivity contribution is -0.120. The van der Waals surface area contributed by atoms with Crippen LogP contribution in [0.25, 0.3) is 0 Å². The maximum atomic E-state index is 11.3. The summed E-state index contributed by atoms with van der Waals surface area (Å²) in [5, 5.41) is 19.8. The molecule has 0 aliphatic carbocycles. The molecule has 1 amide bonds. The maximum Gasteiger partial charge on any atom is 0.250 e. The van der Waals surface area contributed by atoms with Crippen LogP contribution in [0.15, 0.2) is 24.3 Å². The number of aliphatic hydroxyl groups is 1. The van der Waals surface area contributed by atoms with E-state index in [-0.39, 0.29) is 25.7 Å². The van der Waals surface area contributed by atoms with Gasteiger partial charge in [0.05, 0.1) is 24.5 Å². The Kier molecular flexibility index (Phi) is 4.99. The third-order valence-electron chi connectivity index (χ3n) is 1.79. The van der Waals surface area contributed by atoms with Gasteiger partial charge in [0.2, 0.25) is 5.91 Å². The van der Waals surface area contributed by atoms with Crippen molar-refractivity contribution in [2.75, 3.05) is 25.1 Å². The normalized spacial score (nSPS) is 9.50. The molecular weight excluding hydrogens is 208 g/mol. The minimum Gasteiger partial charge on any atom is -0.394 e. The van der Waals surface area contributed by atoms with Crippen molar-refractivity contribution in [3.8, 4) is 6.07 Å². The van der Waals surface area contributed by atoms with Gasteiger partial charge >= 0.3 is 0 Å². The van der Waals surface area contributed by atoms with E-state index in [1.165, 1.54) is 0 Å². The molecule has 0 atom stereocenters. The molecule has 0 fully saturated rings. The molecular formula is C11H12N2O3. The maximum absolute atomic E-state index is 11.3. The molecule has 5 nitrogen and oxygen atoms in total. The van der Waals surface area contributed by atoms with Gasteiger partial charge in [0, 0.05) is 0 Å². The topological polar surface area (TPSA) is 82.4 Å². The van der Waals surface area contributed by atoms with E-state index >= 15 is 0 Å². The van der Waals surface area contributed by atoms with Gasteiger partial charge in [-0.1, -0.05) is 12.1 Å². The standard InChI is InChI=1S/C11H12N2O3/c12-7-9-3-1-2-4-10(9)13-11(15)8-16-6-5-14/h1-4,14H,5-6,8H2,(H,13,15). The Balaban J connectivity index is 2.53. The van der Waals surface area contributed by atoms with Crippen molar-refractivity contribution in [1.29, 1.82) is 5.26 Å². The number of amides is 1. The van der Waals surface area contributed by atoms with Crippen LogP contribution in [0.3, 0.4) is 0 Å². The minimum atomic E-state index is -0.351. The van der Waals surface area contributed by atoms with E-state index in [4.69, 9.17) is 15.1 Å². The first-order valence-electron chi connectivity index (χ1n) is 4.75. The molecule has 5 heteroatoms. The van der Waals surface area contributed by atoms with Crippen LogP contribution >= 0.6 is 0 Å². The molecule has 1 aromatic carbocycles. The van der Waals surface area contributed by atoms with Gasteiger partial charge in [-0.2, -0.15) is 5.26 Å². The number of hydrogen-bond acceptors (Lipinski definition) is 4. The minimum absolute atomic E-state index is 0.118. The van der Waals surface area contributed by atoms with E-state index in [2.05, 4.69) is 5.32 Å². The lowest BCUT2D eigenvalue weighted by Gasteiger charge is -2.06. The molecule has 0 unspecified atom stereocenters. The number of nitriles is 1. The first kappa shape index (κ1) is 12.2. The van der Waals surface area contributed by atoms with Gasteiger partial charge in [0.15, 0.2) is 0 Å². The predicted octanol–water partition coefficient (Wildman–Crippen LogP) is 0.506. The molecule has 2 N–H and O–H groups in total. The highest BCUT2D eigenvalue weighted by atomic mass is 16.5. The van der Waals surface area contributed by atoms with E-state index < -0.39 is 0 Å².